The number of benzene rings is 1. The summed E-state index contributed by atoms with van der Waals surface area (Å²) in [6, 6.07) is 5.05. The van der Waals surface area contributed by atoms with Gasteiger partial charge in [0, 0.05) is 31.7 Å². The van der Waals surface area contributed by atoms with Gasteiger partial charge in [-0.05, 0) is 39.3 Å². The van der Waals surface area contributed by atoms with Crippen molar-refractivity contribution in [3.05, 3.63) is 23.2 Å². The van der Waals surface area contributed by atoms with Crippen molar-refractivity contribution >= 4 is 28.9 Å². The van der Waals surface area contributed by atoms with E-state index < -0.39 is 0 Å². The minimum absolute atomic E-state index is 0.0478. The van der Waals surface area contributed by atoms with Gasteiger partial charge in [0.1, 0.15) is 0 Å². The molecule has 3 N–H and O–H groups in total. The van der Waals surface area contributed by atoms with Crippen LogP contribution in [0.4, 0.5) is 11.4 Å². The second-order valence-corrected chi connectivity index (χ2v) is 5.55. The van der Waals surface area contributed by atoms with Crippen LogP contribution in [0.25, 0.3) is 0 Å². The number of nitrogens with zero attached hydrogens (tertiary/aromatic N) is 2. The highest BCUT2D eigenvalue weighted by Gasteiger charge is 2.08. The molecule has 20 heavy (non-hydrogen) atoms. The molecule has 0 saturated carbocycles. The number of hydrogen-bond donors (Lipinski definition) is 2. The second kappa shape index (κ2) is 8.09. The molecule has 0 radical (unpaired) electrons. The SMILES string of the molecule is CN(C)CCN(C)CCC(=O)Nc1ccc(N)cc1Cl. The molecule has 0 aromatic heterocycles. The Morgan fingerprint density at radius 1 is 1.25 bits per heavy atom. The van der Waals surface area contributed by atoms with E-state index in [1.165, 1.54) is 0 Å². The van der Waals surface area contributed by atoms with E-state index in [-0.39, 0.29) is 5.91 Å². The number of carbonyl (C=O) groups excluding carboxylic acids is 1. The number of nitrogens with one attached hydrogen (secondary N) is 1. The van der Waals surface area contributed by atoms with Crippen LogP contribution in [0, 0.1) is 0 Å². The quantitative estimate of drug-likeness (QED) is 0.753. The number of hydrogen-bond acceptors (Lipinski definition) is 4. The highest BCUT2D eigenvalue weighted by Crippen LogP contribution is 2.24. The number of carbonyl (C=O) groups is 1. The zero-order valence-electron chi connectivity index (χ0n) is 12.3. The lowest BCUT2D eigenvalue weighted by Crippen LogP contribution is -2.31. The third kappa shape index (κ3) is 6.23. The summed E-state index contributed by atoms with van der Waals surface area (Å²) in [6.07, 6.45) is 0.435. The zero-order valence-corrected chi connectivity index (χ0v) is 13.1. The summed E-state index contributed by atoms with van der Waals surface area (Å²) in [6.45, 7) is 2.62. The number of nitrogen functional groups attached to an aromatic ring is 1. The number of rotatable bonds is 7. The summed E-state index contributed by atoms with van der Waals surface area (Å²) < 4.78 is 0. The third-order valence-corrected chi connectivity index (χ3v) is 3.23. The lowest BCUT2D eigenvalue weighted by molar-refractivity contribution is -0.116. The number of likely N-dealkylation sites (N-methyl/N-ethyl adjacent to an activating group) is 2. The summed E-state index contributed by atoms with van der Waals surface area (Å²) in [7, 11) is 6.07. The smallest absolute Gasteiger partial charge is 0.225 e. The molecule has 1 aromatic rings. The number of halogens is 1. The van der Waals surface area contributed by atoms with Crippen LogP contribution in [0.5, 0.6) is 0 Å². The van der Waals surface area contributed by atoms with Crippen molar-refractivity contribution in [1.29, 1.82) is 0 Å². The summed E-state index contributed by atoms with van der Waals surface area (Å²) in [5, 5.41) is 3.25. The first-order valence-corrected chi connectivity index (χ1v) is 6.94. The van der Waals surface area contributed by atoms with Gasteiger partial charge in [-0.15, -0.1) is 0 Å². The van der Waals surface area contributed by atoms with Crippen molar-refractivity contribution in [2.75, 3.05) is 51.8 Å². The van der Waals surface area contributed by atoms with Gasteiger partial charge in [-0.1, -0.05) is 11.6 Å². The largest absolute Gasteiger partial charge is 0.399 e. The minimum atomic E-state index is -0.0478. The van der Waals surface area contributed by atoms with Crippen LogP contribution >= 0.6 is 11.6 Å². The second-order valence-electron chi connectivity index (χ2n) is 5.14. The molecule has 5 nitrogen and oxygen atoms in total. The fourth-order valence-corrected chi connectivity index (χ4v) is 1.86. The van der Waals surface area contributed by atoms with E-state index in [2.05, 4.69) is 15.1 Å². The molecule has 0 unspecified atom stereocenters. The highest BCUT2D eigenvalue weighted by atomic mass is 35.5. The van der Waals surface area contributed by atoms with Gasteiger partial charge >= 0.3 is 0 Å². The van der Waals surface area contributed by atoms with Gasteiger partial charge in [0.05, 0.1) is 10.7 Å². The summed E-state index contributed by atoms with van der Waals surface area (Å²) >= 11 is 6.01. The van der Waals surface area contributed by atoms with Crippen LogP contribution in [0.3, 0.4) is 0 Å². The molecule has 0 aliphatic heterocycles. The molecular weight excluding hydrogens is 276 g/mol. The molecule has 112 valence electrons. The monoisotopic (exact) mass is 298 g/mol. The average molecular weight is 299 g/mol. The van der Waals surface area contributed by atoms with Crippen LogP contribution < -0.4 is 11.1 Å². The molecule has 0 spiro atoms. The van der Waals surface area contributed by atoms with E-state index in [1.807, 2.05) is 21.1 Å². The molecule has 1 aromatic carbocycles. The molecule has 6 heteroatoms. The molecule has 0 heterocycles. The van der Waals surface area contributed by atoms with Gasteiger partial charge in [-0.25, -0.2) is 0 Å². The maximum atomic E-state index is 11.9. The van der Waals surface area contributed by atoms with Crippen molar-refractivity contribution in [1.82, 2.24) is 9.80 Å². The van der Waals surface area contributed by atoms with E-state index in [0.717, 1.165) is 13.1 Å². The molecule has 0 fully saturated rings. The van der Waals surface area contributed by atoms with E-state index in [4.69, 9.17) is 17.3 Å². The standard InChI is InChI=1S/C14H23ClN4O/c1-18(2)8-9-19(3)7-6-14(20)17-13-5-4-11(16)10-12(13)15/h4-5,10H,6-9,16H2,1-3H3,(H,17,20). The third-order valence-electron chi connectivity index (χ3n) is 2.92. The van der Waals surface area contributed by atoms with Gasteiger partial charge in [0.15, 0.2) is 0 Å². The van der Waals surface area contributed by atoms with Crippen LogP contribution in [0.1, 0.15) is 6.42 Å². The van der Waals surface area contributed by atoms with Crippen molar-refractivity contribution in [3.8, 4) is 0 Å². The predicted molar refractivity (Wildman–Crippen MR) is 85.2 cm³/mol. The Balaban J connectivity index is 2.36. The molecule has 0 atom stereocenters. The first-order chi connectivity index (χ1) is 9.38. The average Bonchev–Trinajstić information content (AvgIpc) is 2.37. The van der Waals surface area contributed by atoms with Gasteiger partial charge < -0.3 is 20.9 Å². The summed E-state index contributed by atoms with van der Waals surface area (Å²) in [4.78, 5) is 16.1. The Kier molecular flexibility index (Phi) is 6.78. The van der Waals surface area contributed by atoms with E-state index in [9.17, 15) is 4.79 Å². The predicted octanol–water partition coefficient (Wildman–Crippen LogP) is 1.74. The maximum Gasteiger partial charge on any atom is 0.225 e. The molecule has 0 bridgehead atoms. The Morgan fingerprint density at radius 2 is 1.95 bits per heavy atom. The normalized spacial score (nSPS) is 11.1. The lowest BCUT2D eigenvalue weighted by Gasteiger charge is -2.19. The summed E-state index contributed by atoms with van der Waals surface area (Å²) in [5.74, 6) is -0.0478. The highest BCUT2D eigenvalue weighted by molar-refractivity contribution is 6.34. The molecule has 1 rings (SSSR count). The fraction of sp³-hybridized carbons (Fsp3) is 0.500. The van der Waals surface area contributed by atoms with Gasteiger partial charge in [-0.3, -0.25) is 4.79 Å². The first kappa shape index (κ1) is 16.8. The van der Waals surface area contributed by atoms with E-state index in [0.29, 0.717) is 29.4 Å². The van der Waals surface area contributed by atoms with Crippen LogP contribution in [-0.4, -0.2) is 56.5 Å². The Bertz CT molecular complexity index is 451. The Hall–Kier alpha value is -1.30. The van der Waals surface area contributed by atoms with Crippen LogP contribution in [-0.2, 0) is 4.79 Å². The van der Waals surface area contributed by atoms with Crippen molar-refractivity contribution in [2.24, 2.45) is 0 Å². The number of nitrogens with two attached hydrogens (primary N) is 1. The molecule has 0 aliphatic rings. The summed E-state index contributed by atoms with van der Waals surface area (Å²) in [5.41, 5.74) is 6.79. The van der Waals surface area contributed by atoms with Crippen molar-refractivity contribution in [3.63, 3.8) is 0 Å². The van der Waals surface area contributed by atoms with Gasteiger partial charge in [0.2, 0.25) is 5.91 Å². The fourth-order valence-electron chi connectivity index (χ4n) is 1.62. The molecule has 0 saturated heterocycles. The van der Waals surface area contributed by atoms with E-state index >= 15 is 0 Å². The Labute approximate surface area is 125 Å². The van der Waals surface area contributed by atoms with E-state index in [1.54, 1.807) is 18.2 Å². The zero-order chi connectivity index (χ0) is 15.1. The van der Waals surface area contributed by atoms with Crippen LogP contribution in [0.2, 0.25) is 5.02 Å². The topological polar surface area (TPSA) is 61.6 Å². The number of anilines is 2. The Morgan fingerprint density at radius 3 is 2.55 bits per heavy atom. The molecule has 0 aliphatic carbocycles. The van der Waals surface area contributed by atoms with Gasteiger partial charge in [0.25, 0.3) is 0 Å². The van der Waals surface area contributed by atoms with Crippen LogP contribution in [0.15, 0.2) is 18.2 Å². The first-order valence-electron chi connectivity index (χ1n) is 6.56. The van der Waals surface area contributed by atoms with Crippen molar-refractivity contribution < 1.29 is 4.79 Å². The van der Waals surface area contributed by atoms with Gasteiger partial charge in [-0.2, -0.15) is 0 Å². The molecular formula is C14H23ClN4O. The molecule has 1 amide bonds. The lowest BCUT2D eigenvalue weighted by atomic mass is 10.2. The van der Waals surface area contributed by atoms with Crippen molar-refractivity contribution in [2.45, 2.75) is 6.42 Å². The maximum absolute atomic E-state index is 11.9. The minimum Gasteiger partial charge on any atom is -0.399 e. The number of amides is 1.